The first-order valence-electron chi connectivity index (χ1n) is 7.79. The number of hydrogen-bond donors (Lipinski definition) is 0. The third-order valence-electron chi connectivity index (χ3n) is 4.05. The van der Waals surface area contributed by atoms with E-state index in [1.807, 2.05) is 16.8 Å². The zero-order chi connectivity index (χ0) is 15.5. The molecule has 1 aliphatic carbocycles. The lowest BCUT2D eigenvalue weighted by atomic mass is 10.0. The predicted octanol–water partition coefficient (Wildman–Crippen LogP) is 4.20. The lowest BCUT2D eigenvalue weighted by Crippen LogP contribution is -2.05. The van der Waals surface area contributed by atoms with Gasteiger partial charge in [-0.05, 0) is 5.56 Å². The lowest BCUT2D eigenvalue weighted by Gasteiger charge is -2.10. The van der Waals surface area contributed by atoms with Crippen molar-refractivity contribution in [2.75, 3.05) is 0 Å². The molecule has 23 heavy (non-hydrogen) atoms. The zero-order valence-electron chi connectivity index (χ0n) is 12.7. The van der Waals surface area contributed by atoms with Gasteiger partial charge < -0.3 is 0 Å². The van der Waals surface area contributed by atoms with Crippen LogP contribution in [0.1, 0.15) is 17.2 Å². The second-order valence-electron chi connectivity index (χ2n) is 5.63. The van der Waals surface area contributed by atoms with Crippen molar-refractivity contribution in [3.63, 3.8) is 0 Å². The number of benzene rings is 2. The maximum absolute atomic E-state index is 4.48. The van der Waals surface area contributed by atoms with Gasteiger partial charge >= 0.3 is 0 Å². The van der Waals surface area contributed by atoms with Crippen LogP contribution in [-0.4, -0.2) is 15.0 Å². The normalized spacial score (nSPS) is 13.7. The Bertz CT molecular complexity index is 833. The lowest BCUT2D eigenvalue weighted by molar-refractivity contribution is 0.655. The fourth-order valence-electron chi connectivity index (χ4n) is 2.93. The third kappa shape index (κ3) is 2.73. The molecule has 0 bridgehead atoms. The topological polar surface area (TPSA) is 30.7 Å². The summed E-state index contributed by atoms with van der Waals surface area (Å²) in [5.41, 5.74) is 4.48. The van der Waals surface area contributed by atoms with Crippen LogP contribution in [0.25, 0.3) is 11.3 Å². The van der Waals surface area contributed by atoms with Crippen LogP contribution < -0.4 is 0 Å². The van der Waals surface area contributed by atoms with Gasteiger partial charge in [0.2, 0.25) is 0 Å². The van der Waals surface area contributed by atoms with E-state index in [-0.39, 0.29) is 5.92 Å². The Hall–Kier alpha value is -2.94. The van der Waals surface area contributed by atoms with Gasteiger partial charge in [-0.25, -0.2) is 4.68 Å². The Morgan fingerprint density at radius 2 is 1.48 bits per heavy atom. The SMILES string of the molecule is C1=CC(c2nnn(Cc3ccccc3)c2-c2ccccc2)C=C1. The minimum Gasteiger partial charge on any atom is -0.240 e. The van der Waals surface area contributed by atoms with Gasteiger partial charge in [-0.3, -0.25) is 0 Å². The molecule has 0 atom stereocenters. The Morgan fingerprint density at radius 1 is 0.826 bits per heavy atom. The molecular formula is C20H17N3. The molecule has 0 radical (unpaired) electrons. The van der Waals surface area contributed by atoms with Crippen LogP contribution in [0.15, 0.2) is 85.0 Å². The van der Waals surface area contributed by atoms with Crippen molar-refractivity contribution in [1.29, 1.82) is 0 Å². The average Bonchev–Trinajstić information content (AvgIpc) is 3.26. The molecule has 3 heteroatoms. The van der Waals surface area contributed by atoms with E-state index in [1.165, 1.54) is 5.56 Å². The average molecular weight is 299 g/mol. The molecule has 0 amide bonds. The summed E-state index contributed by atoms with van der Waals surface area (Å²) in [6.45, 7) is 0.720. The summed E-state index contributed by atoms with van der Waals surface area (Å²) in [7, 11) is 0. The molecule has 112 valence electrons. The van der Waals surface area contributed by atoms with E-state index >= 15 is 0 Å². The van der Waals surface area contributed by atoms with Gasteiger partial charge in [-0.1, -0.05) is 90.2 Å². The van der Waals surface area contributed by atoms with E-state index in [4.69, 9.17) is 0 Å². The Kier molecular flexibility index (Phi) is 3.60. The Labute approximate surface area is 135 Å². The molecule has 0 unspecified atom stereocenters. The minimum atomic E-state index is 0.203. The van der Waals surface area contributed by atoms with Crippen LogP contribution in [0.3, 0.4) is 0 Å². The number of rotatable bonds is 4. The molecule has 0 saturated heterocycles. The summed E-state index contributed by atoms with van der Waals surface area (Å²) < 4.78 is 2.00. The molecule has 3 nitrogen and oxygen atoms in total. The zero-order valence-corrected chi connectivity index (χ0v) is 12.7. The van der Waals surface area contributed by atoms with Gasteiger partial charge in [0.25, 0.3) is 0 Å². The summed E-state index contributed by atoms with van der Waals surface area (Å²) in [6.07, 6.45) is 8.44. The molecule has 1 heterocycles. The van der Waals surface area contributed by atoms with Crippen molar-refractivity contribution >= 4 is 0 Å². The fourth-order valence-corrected chi connectivity index (χ4v) is 2.93. The number of nitrogens with zero attached hydrogens (tertiary/aromatic N) is 3. The van der Waals surface area contributed by atoms with Crippen LogP contribution in [0.2, 0.25) is 0 Å². The van der Waals surface area contributed by atoms with Crippen molar-refractivity contribution in [3.8, 4) is 11.3 Å². The Morgan fingerprint density at radius 3 is 2.17 bits per heavy atom. The molecule has 0 spiro atoms. The summed E-state index contributed by atoms with van der Waals surface area (Å²) >= 11 is 0. The maximum Gasteiger partial charge on any atom is 0.101 e. The molecule has 1 aromatic heterocycles. The number of aromatic nitrogens is 3. The van der Waals surface area contributed by atoms with Gasteiger partial charge in [0.1, 0.15) is 5.69 Å². The smallest absolute Gasteiger partial charge is 0.101 e. The summed E-state index contributed by atoms with van der Waals surface area (Å²) in [5, 5.41) is 8.91. The van der Waals surface area contributed by atoms with E-state index in [9.17, 15) is 0 Å². The van der Waals surface area contributed by atoms with Crippen LogP contribution >= 0.6 is 0 Å². The quantitative estimate of drug-likeness (QED) is 0.722. The molecule has 0 saturated carbocycles. The van der Waals surface area contributed by atoms with E-state index in [1.54, 1.807) is 0 Å². The molecular weight excluding hydrogens is 282 g/mol. The standard InChI is InChI=1S/C20H17N3/c1-3-9-16(10-4-1)15-23-20(18-13-5-2-6-14-18)19(21-22-23)17-11-7-8-12-17/h1-14,17H,15H2. The van der Waals surface area contributed by atoms with Crippen molar-refractivity contribution in [2.24, 2.45) is 0 Å². The minimum absolute atomic E-state index is 0.203. The molecule has 3 aromatic rings. The molecule has 0 fully saturated rings. The van der Waals surface area contributed by atoms with Crippen molar-refractivity contribution in [2.45, 2.75) is 12.5 Å². The highest BCUT2D eigenvalue weighted by Gasteiger charge is 2.20. The summed E-state index contributed by atoms with van der Waals surface area (Å²) in [4.78, 5) is 0. The van der Waals surface area contributed by atoms with Crippen LogP contribution in [0.4, 0.5) is 0 Å². The largest absolute Gasteiger partial charge is 0.240 e. The fraction of sp³-hybridized carbons (Fsp3) is 0.100. The van der Waals surface area contributed by atoms with Crippen LogP contribution in [0.5, 0.6) is 0 Å². The molecule has 2 aromatic carbocycles. The van der Waals surface area contributed by atoms with Gasteiger partial charge in [0, 0.05) is 11.5 Å². The number of hydrogen-bond acceptors (Lipinski definition) is 2. The molecule has 1 aliphatic rings. The second kappa shape index (κ2) is 6.05. The van der Waals surface area contributed by atoms with E-state index in [0.29, 0.717) is 0 Å². The molecule has 0 aliphatic heterocycles. The monoisotopic (exact) mass is 299 g/mol. The third-order valence-corrected chi connectivity index (χ3v) is 4.05. The van der Waals surface area contributed by atoms with Crippen LogP contribution in [0, 0.1) is 0 Å². The first kappa shape index (κ1) is 13.7. The first-order valence-corrected chi connectivity index (χ1v) is 7.79. The van der Waals surface area contributed by atoms with E-state index in [2.05, 4.69) is 83.1 Å². The van der Waals surface area contributed by atoms with Gasteiger partial charge in [0.05, 0.1) is 12.2 Å². The van der Waals surface area contributed by atoms with Crippen LogP contribution in [-0.2, 0) is 6.54 Å². The molecule has 4 rings (SSSR count). The molecule has 0 N–H and O–H groups in total. The Balaban J connectivity index is 1.80. The van der Waals surface area contributed by atoms with Crippen molar-refractivity contribution in [3.05, 3.63) is 96.2 Å². The van der Waals surface area contributed by atoms with Crippen molar-refractivity contribution < 1.29 is 0 Å². The van der Waals surface area contributed by atoms with E-state index < -0.39 is 0 Å². The predicted molar refractivity (Wildman–Crippen MR) is 92.0 cm³/mol. The van der Waals surface area contributed by atoms with Crippen molar-refractivity contribution in [1.82, 2.24) is 15.0 Å². The summed E-state index contributed by atoms with van der Waals surface area (Å²) in [5.74, 6) is 0.203. The number of allylic oxidation sites excluding steroid dienone is 4. The van der Waals surface area contributed by atoms with Gasteiger partial charge in [-0.15, -0.1) is 5.10 Å². The highest BCUT2D eigenvalue weighted by Crippen LogP contribution is 2.31. The van der Waals surface area contributed by atoms with E-state index in [0.717, 1.165) is 23.5 Å². The van der Waals surface area contributed by atoms with Gasteiger partial charge in [0.15, 0.2) is 0 Å². The maximum atomic E-state index is 4.48. The highest BCUT2D eigenvalue weighted by molar-refractivity contribution is 5.64. The summed E-state index contributed by atoms with van der Waals surface area (Å²) in [6, 6.07) is 20.7. The first-order chi connectivity index (χ1) is 11.4. The highest BCUT2D eigenvalue weighted by atomic mass is 15.4. The van der Waals surface area contributed by atoms with Gasteiger partial charge in [-0.2, -0.15) is 0 Å². The second-order valence-corrected chi connectivity index (χ2v) is 5.63.